The van der Waals surface area contributed by atoms with Crippen LogP contribution in [0.2, 0.25) is 5.02 Å². The third kappa shape index (κ3) is 6.98. The monoisotopic (exact) mass is 579 g/mol. The zero-order valence-electron chi connectivity index (χ0n) is 22.0. The fourth-order valence-electron chi connectivity index (χ4n) is 4.32. The van der Waals surface area contributed by atoms with E-state index in [1.807, 2.05) is 37.3 Å². The van der Waals surface area contributed by atoms with Gasteiger partial charge in [-0.15, -0.1) is 0 Å². The summed E-state index contributed by atoms with van der Waals surface area (Å²) < 4.78 is 38.2. The van der Waals surface area contributed by atoms with E-state index in [9.17, 15) is 18.9 Å². The maximum absolute atomic E-state index is 14.0. The van der Waals surface area contributed by atoms with Gasteiger partial charge in [-0.1, -0.05) is 54.9 Å². The number of nitrogens with zero attached hydrogens (tertiary/aromatic N) is 1. The number of halogens is 1. The molecular weight excluding hydrogens is 549 g/mol. The van der Waals surface area contributed by atoms with Crippen molar-refractivity contribution in [3.8, 4) is 5.75 Å². The van der Waals surface area contributed by atoms with Crippen molar-refractivity contribution in [2.75, 3.05) is 6.61 Å². The van der Waals surface area contributed by atoms with Crippen LogP contribution in [0, 0.1) is 5.92 Å². The summed E-state index contributed by atoms with van der Waals surface area (Å²) >= 11 is 5.91. The predicted octanol–water partition coefficient (Wildman–Crippen LogP) is 4.40. The minimum absolute atomic E-state index is 0.149. The molecule has 3 aromatic rings. The van der Waals surface area contributed by atoms with Gasteiger partial charge in [0.15, 0.2) is 0 Å². The largest absolute Gasteiger partial charge is 0.462 e. The number of benzene rings is 2. The van der Waals surface area contributed by atoms with Crippen LogP contribution >= 0.6 is 19.3 Å². The summed E-state index contributed by atoms with van der Waals surface area (Å²) in [5.41, 5.74) is -1.35. The van der Waals surface area contributed by atoms with E-state index in [0.717, 1.165) is 5.39 Å². The summed E-state index contributed by atoms with van der Waals surface area (Å²) in [6, 6.07) is 11.7. The van der Waals surface area contributed by atoms with E-state index >= 15 is 0 Å². The number of aromatic amines is 1. The van der Waals surface area contributed by atoms with E-state index in [1.54, 1.807) is 26.0 Å². The van der Waals surface area contributed by atoms with E-state index in [1.165, 1.54) is 17.7 Å². The summed E-state index contributed by atoms with van der Waals surface area (Å²) in [6.07, 6.45) is 0.00725. The van der Waals surface area contributed by atoms with E-state index in [-0.39, 0.29) is 23.7 Å². The summed E-state index contributed by atoms with van der Waals surface area (Å²) in [5, 5.41) is 4.11. The van der Waals surface area contributed by atoms with Crippen molar-refractivity contribution in [1.29, 1.82) is 0 Å². The van der Waals surface area contributed by atoms with Gasteiger partial charge in [-0.25, -0.2) is 9.36 Å². The number of fused-ring (bicyclic) bond motifs is 1. The van der Waals surface area contributed by atoms with Crippen LogP contribution in [0.15, 0.2) is 58.3 Å². The number of hydrogen-bond acceptors (Lipinski definition) is 8. The van der Waals surface area contributed by atoms with Crippen LogP contribution in [0.5, 0.6) is 5.75 Å². The standard InChI is InChI=1S/C26H31ClN3O8P/c1-15(2)36-25(32)17(4)29-39(34,38-22-11-7-9-18-8-5-6-10-20(18)22)35-14-19-12-16(3)24(37-19)30-13-21(27)23(31)28-26(30)33/h5-11,13,15-17,19,24H,12,14H2,1-4H3,(H,29,34)(H,28,31,33)/t16-,17+,19-,24+,39?/m0/s1. The highest BCUT2D eigenvalue weighted by molar-refractivity contribution is 7.52. The van der Waals surface area contributed by atoms with E-state index in [4.69, 9.17) is 30.1 Å². The zero-order valence-corrected chi connectivity index (χ0v) is 23.6. The number of aromatic nitrogens is 2. The summed E-state index contributed by atoms with van der Waals surface area (Å²) in [6.45, 7) is 6.62. The van der Waals surface area contributed by atoms with Gasteiger partial charge in [0, 0.05) is 17.5 Å². The first-order chi connectivity index (χ1) is 18.5. The molecule has 210 valence electrons. The zero-order chi connectivity index (χ0) is 28.3. The van der Waals surface area contributed by atoms with Gasteiger partial charge in [-0.05, 0) is 38.6 Å². The molecule has 39 heavy (non-hydrogen) atoms. The Bertz CT molecular complexity index is 1500. The van der Waals surface area contributed by atoms with Crippen LogP contribution in [0.1, 0.15) is 40.3 Å². The molecule has 11 nitrogen and oxygen atoms in total. The number of carbonyl (C=O) groups is 1. The Kier molecular flexibility index (Phi) is 8.98. The minimum Gasteiger partial charge on any atom is -0.462 e. The van der Waals surface area contributed by atoms with Crippen molar-refractivity contribution in [1.82, 2.24) is 14.6 Å². The van der Waals surface area contributed by atoms with E-state index in [0.29, 0.717) is 17.6 Å². The lowest BCUT2D eigenvalue weighted by molar-refractivity contribution is -0.149. The summed E-state index contributed by atoms with van der Waals surface area (Å²) in [4.78, 5) is 38.6. The molecule has 5 atom stereocenters. The van der Waals surface area contributed by atoms with Crippen molar-refractivity contribution in [2.45, 2.75) is 58.6 Å². The lowest BCUT2D eigenvalue weighted by Crippen LogP contribution is -2.36. The van der Waals surface area contributed by atoms with Gasteiger partial charge in [-0.3, -0.25) is 23.7 Å². The minimum atomic E-state index is -4.15. The van der Waals surface area contributed by atoms with Gasteiger partial charge in [0.1, 0.15) is 23.0 Å². The smallest absolute Gasteiger partial charge is 0.459 e. The fraction of sp³-hybridized carbons (Fsp3) is 0.423. The molecule has 0 radical (unpaired) electrons. The van der Waals surface area contributed by atoms with Crippen LogP contribution in [0.4, 0.5) is 0 Å². The maximum Gasteiger partial charge on any atom is 0.459 e. The number of hydrogen-bond donors (Lipinski definition) is 2. The molecule has 2 heterocycles. The average Bonchev–Trinajstić information content (AvgIpc) is 3.25. The highest BCUT2D eigenvalue weighted by Gasteiger charge is 2.38. The van der Waals surface area contributed by atoms with Crippen LogP contribution < -0.4 is 20.9 Å². The molecule has 4 rings (SSSR count). The molecule has 0 aliphatic carbocycles. The second kappa shape index (κ2) is 12.1. The molecule has 0 saturated carbocycles. The van der Waals surface area contributed by atoms with Gasteiger partial charge in [-0.2, -0.15) is 5.09 Å². The second-order valence-corrected chi connectivity index (χ2v) is 11.8. The number of esters is 1. The van der Waals surface area contributed by atoms with Gasteiger partial charge in [0.05, 0.1) is 18.8 Å². The topological polar surface area (TPSA) is 138 Å². The Labute approximate surface area is 230 Å². The molecule has 1 aliphatic rings. The second-order valence-electron chi connectivity index (χ2n) is 9.70. The molecule has 1 fully saturated rings. The van der Waals surface area contributed by atoms with Gasteiger partial charge < -0.3 is 14.0 Å². The number of rotatable bonds is 10. The Morgan fingerprint density at radius 3 is 2.67 bits per heavy atom. The quantitative estimate of drug-likeness (QED) is 0.264. The third-order valence-electron chi connectivity index (χ3n) is 6.11. The molecule has 13 heteroatoms. The molecule has 0 spiro atoms. The first-order valence-electron chi connectivity index (χ1n) is 12.5. The number of H-pyrrole nitrogens is 1. The Hall–Kier alpha value is -2.95. The van der Waals surface area contributed by atoms with Crippen molar-refractivity contribution >= 4 is 36.1 Å². The van der Waals surface area contributed by atoms with Crippen LogP contribution in [-0.4, -0.2) is 40.4 Å². The predicted molar refractivity (Wildman–Crippen MR) is 146 cm³/mol. The van der Waals surface area contributed by atoms with Crippen LogP contribution in [0.25, 0.3) is 10.8 Å². The average molecular weight is 580 g/mol. The molecule has 1 saturated heterocycles. The molecule has 2 N–H and O–H groups in total. The van der Waals surface area contributed by atoms with Crippen molar-refractivity contribution in [3.05, 3.63) is 74.5 Å². The summed E-state index contributed by atoms with van der Waals surface area (Å²) in [5.74, 6) is -0.471. The number of ether oxygens (including phenoxy) is 2. The Balaban J connectivity index is 1.54. The van der Waals surface area contributed by atoms with E-state index < -0.39 is 43.3 Å². The lowest BCUT2D eigenvalue weighted by Gasteiger charge is -2.25. The molecule has 0 bridgehead atoms. The highest BCUT2D eigenvalue weighted by atomic mass is 35.5. The highest BCUT2D eigenvalue weighted by Crippen LogP contribution is 2.48. The normalized spacial score (nSPS) is 21.5. The van der Waals surface area contributed by atoms with E-state index in [2.05, 4.69) is 10.1 Å². The van der Waals surface area contributed by atoms with Crippen LogP contribution in [-0.2, 0) is 23.4 Å². The molecule has 1 aliphatic heterocycles. The number of nitrogens with one attached hydrogen (secondary N) is 2. The molecular formula is C26H31ClN3O8P. The molecule has 1 unspecified atom stereocenters. The summed E-state index contributed by atoms with van der Waals surface area (Å²) in [7, 11) is -4.15. The van der Waals surface area contributed by atoms with Gasteiger partial charge in [0.2, 0.25) is 0 Å². The Morgan fingerprint density at radius 1 is 1.21 bits per heavy atom. The van der Waals surface area contributed by atoms with Crippen molar-refractivity contribution < 1.29 is 27.9 Å². The maximum atomic E-state index is 14.0. The fourth-order valence-corrected chi connectivity index (χ4v) is 6.01. The Morgan fingerprint density at radius 2 is 1.92 bits per heavy atom. The lowest BCUT2D eigenvalue weighted by atomic mass is 10.1. The van der Waals surface area contributed by atoms with Crippen LogP contribution in [0.3, 0.4) is 0 Å². The number of carbonyl (C=O) groups excluding carboxylic acids is 1. The first kappa shape index (κ1) is 29.0. The van der Waals surface area contributed by atoms with Crippen molar-refractivity contribution in [2.24, 2.45) is 5.92 Å². The van der Waals surface area contributed by atoms with Gasteiger partial charge >= 0.3 is 19.4 Å². The molecule has 0 amide bonds. The molecule has 2 aromatic carbocycles. The van der Waals surface area contributed by atoms with Crippen molar-refractivity contribution in [3.63, 3.8) is 0 Å². The van der Waals surface area contributed by atoms with Gasteiger partial charge in [0.25, 0.3) is 5.56 Å². The molecule has 1 aromatic heterocycles. The third-order valence-corrected chi connectivity index (χ3v) is 8.01. The first-order valence-corrected chi connectivity index (χ1v) is 14.4. The SMILES string of the molecule is CC(C)OC(=O)[C@@H](C)NP(=O)(OC[C@@H]1C[C@H](C)[C@H](n2cc(Cl)c(=O)[nH]c2=O)O1)Oc1cccc2ccccc12.